The van der Waals surface area contributed by atoms with Gasteiger partial charge in [0.25, 0.3) is 5.56 Å². The fourth-order valence-corrected chi connectivity index (χ4v) is 4.72. The molecule has 3 heterocycles. The van der Waals surface area contributed by atoms with Gasteiger partial charge in [0.1, 0.15) is 0 Å². The minimum absolute atomic E-state index is 0.221. The Morgan fingerprint density at radius 1 is 0.969 bits per heavy atom. The van der Waals surface area contributed by atoms with Gasteiger partial charge in [-0.1, -0.05) is 65.3 Å². The summed E-state index contributed by atoms with van der Waals surface area (Å²) in [6.07, 6.45) is 0. The molecule has 0 amide bonds. The molecule has 32 heavy (non-hydrogen) atoms. The Morgan fingerprint density at radius 2 is 1.66 bits per heavy atom. The van der Waals surface area contributed by atoms with Crippen LogP contribution in [0.5, 0.6) is 0 Å². The van der Waals surface area contributed by atoms with E-state index in [1.165, 1.54) is 14.7 Å². The van der Waals surface area contributed by atoms with Gasteiger partial charge in [0.05, 0.1) is 6.54 Å². The first-order chi connectivity index (χ1) is 15.4. The summed E-state index contributed by atoms with van der Waals surface area (Å²) in [5.74, 6) is 1.09. The number of hydrogen-bond donors (Lipinski definition) is 0. The van der Waals surface area contributed by atoms with Crippen LogP contribution in [0.3, 0.4) is 0 Å². The number of anilines is 1. The van der Waals surface area contributed by atoms with Crippen LogP contribution in [-0.2, 0) is 26.7 Å². The largest absolute Gasteiger partial charge is 0.338 e. The first kappa shape index (κ1) is 20.8. The summed E-state index contributed by atoms with van der Waals surface area (Å²) in [4.78, 5) is 33.6. The van der Waals surface area contributed by atoms with Crippen molar-refractivity contribution in [2.75, 3.05) is 11.4 Å². The van der Waals surface area contributed by atoms with E-state index in [1.54, 1.807) is 7.05 Å². The molecule has 0 bridgehead atoms. The average Bonchev–Trinajstić information content (AvgIpc) is 3.17. The maximum absolute atomic E-state index is 13.5. The summed E-state index contributed by atoms with van der Waals surface area (Å²) in [5.41, 5.74) is 2.35. The summed E-state index contributed by atoms with van der Waals surface area (Å²) in [6, 6.07) is 17.9. The second-order valence-corrected chi connectivity index (χ2v) is 9.44. The number of halogens is 1. The molecule has 0 N–H and O–H groups in total. The van der Waals surface area contributed by atoms with Gasteiger partial charge in [-0.3, -0.25) is 13.9 Å². The molecule has 1 aliphatic heterocycles. The smallest absolute Gasteiger partial charge is 0.332 e. The van der Waals surface area contributed by atoms with Crippen LogP contribution in [0.1, 0.15) is 18.1 Å². The summed E-state index contributed by atoms with van der Waals surface area (Å²) in [5, 5.41) is 0. The molecule has 0 radical (unpaired) electrons. The Bertz CT molecular complexity index is 1400. The average molecular weight is 494 g/mol. The van der Waals surface area contributed by atoms with E-state index >= 15 is 0 Å². The zero-order valence-electron chi connectivity index (χ0n) is 18.0. The predicted molar refractivity (Wildman–Crippen MR) is 129 cm³/mol. The number of rotatable bonds is 4. The normalized spacial score (nSPS) is 15.8. The molecule has 2 aromatic heterocycles. The Kier molecular flexibility index (Phi) is 5.25. The van der Waals surface area contributed by atoms with Gasteiger partial charge >= 0.3 is 5.69 Å². The van der Waals surface area contributed by atoms with Crippen LogP contribution >= 0.6 is 15.9 Å². The Morgan fingerprint density at radius 3 is 2.38 bits per heavy atom. The summed E-state index contributed by atoms with van der Waals surface area (Å²) in [6.45, 7) is 4.64. The van der Waals surface area contributed by atoms with E-state index < -0.39 is 0 Å². The molecular formula is C24H24BrN5O2. The monoisotopic (exact) mass is 493 g/mol. The van der Waals surface area contributed by atoms with Crippen molar-refractivity contribution in [1.29, 1.82) is 0 Å². The third-order valence-electron chi connectivity index (χ3n) is 5.99. The van der Waals surface area contributed by atoms with E-state index in [1.807, 2.05) is 47.0 Å². The molecule has 0 saturated carbocycles. The minimum atomic E-state index is -0.358. The molecule has 0 fully saturated rings. The number of hydrogen-bond acceptors (Lipinski definition) is 4. The van der Waals surface area contributed by atoms with Crippen LogP contribution in [-0.4, -0.2) is 25.2 Å². The zero-order chi connectivity index (χ0) is 22.4. The van der Waals surface area contributed by atoms with Crippen molar-refractivity contribution < 1.29 is 0 Å². The molecule has 5 rings (SSSR count). The number of fused-ring (bicyclic) bond motifs is 3. The van der Waals surface area contributed by atoms with Crippen molar-refractivity contribution >= 4 is 33.0 Å². The van der Waals surface area contributed by atoms with Crippen molar-refractivity contribution in [3.63, 3.8) is 0 Å². The lowest BCUT2D eigenvalue weighted by Gasteiger charge is -2.33. The third kappa shape index (κ3) is 3.58. The molecule has 1 atom stereocenters. The highest BCUT2D eigenvalue weighted by molar-refractivity contribution is 9.10. The quantitative estimate of drug-likeness (QED) is 0.437. The first-order valence-corrected chi connectivity index (χ1v) is 11.4. The molecule has 2 aromatic carbocycles. The van der Waals surface area contributed by atoms with Crippen LogP contribution < -0.4 is 16.1 Å². The lowest BCUT2D eigenvalue weighted by molar-refractivity contribution is 0.435. The highest BCUT2D eigenvalue weighted by Crippen LogP contribution is 2.28. The number of benzene rings is 2. The van der Waals surface area contributed by atoms with Gasteiger partial charge in [-0.2, -0.15) is 4.98 Å². The van der Waals surface area contributed by atoms with Gasteiger partial charge in [0, 0.05) is 31.2 Å². The number of aromatic nitrogens is 4. The maximum atomic E-state index is 13.5. The lowest BCUT2D eigenvalue weighted by atomic mass is 10.1. The first-order valence-electron chi connectivity index (χ1n) is 10.7. The summed E-state index contributed by atoms with van der Waals surface area (Å²) >= 11 is 3.42. The molecule has 7 nitrogen and oxygen atoms in total. The topological polar surface area (TPSA) is 65.1 Å². The van der Waals surface area contributed by atoms with Crippen LogP contribution in [0.2, 0.25) is 0 Å². The Labute approximate surface area is 193 Å². The summed E-state index contributed by atoms with van der Waals surface area (Å²) in [7, 11) is 1.69. The van der Waals surface area contributed by atoms with E-state index in [-0.39, 0.29) is 17.8 Å². The van der Waals surface area contributed by atoms with E-state index in [0.717, 1.165) is 22.5 Å². The van der Waals surface area contributed by atoms with E-state index in [0.29, 0.717) is 30.2 Å². The molecule has 8 heteroatoms. The van der Waals surface area contributed by atoms with Gasteiger partial charge in [0.2, 0.25) is 5.95 Å². The maximum Gasteiger partial charge on any atom is 0.332 e. The number of imidazole rings is 1. The fourth-order valence-electron chi connectivity index (χ4n) is 4.45. The second kappa shape index (κ2) is 8.09. The fraction of sp³-hybridized carbons (Fsp3) is 0.292. The van der Waals surface area contributed by atoms with Gasteiger partial charge < -0.3 is 9.47 Å². The predicted octanol–water partition coefficient (Wildman–Crippen LogP) is 3.36. The zero-order valence-corrected chi connectivity index (χ0v) is 19.6. The third-order valence-corrected chi connectivity index (χ3v) is 6.52. The van der Waals surface area contributed by atoms with Crippen LogP contribution in [0.4, 0.5) is 5.95 Å². The van der Waals surface area contributed by atoms with Gasteiger partial charge in [-0.05, 0) is 29.2 Å². The number of nitrogens with zero attached hydrogens (tertiary/aromatic N) is 5. The molecule has 0 spiro atoms. The SMILES string of the molecule is CC1CN(Cc2ccccc2)c2nc3c(c(=O)n(Cc4ccc(Br)cc4)c(=O)n3C)n2C1. The molecule has 1 unspecified atom stereocenters. The molecular weight excluding hydrogens is 470 g/mol. The van der Waals surface area contributed by atoms with E-state index in [9.17, 15) is 9.59 Å². The van der Waals surface area contributed by atoms with Crippen molar-refractivity contribution in [3.05, 3.63) is 91.0 Å². The lowest BCUT2D eigenvalue weighted by Crippen LogP contribution is -2.41. The van der Waals surface area contributed by atoms with Crippen molar-refractivity contribution in [2.45, 2.75) is 26.6 Å². The number of aryl methyl sites for hydroxylation is 1. The van der Waals surface area contributed by atoms with Crippen molar-refractivity contribution in [3.8, 4) is 0 Å². The van der Waals surface area contributed by atoms with Crippen molar-refractivity contribution in [1.82, 2.24) is 18.7 Å². The van der Waals surface area contributed by atoms with Crippen LogP contribution in [0, 0.1) is 5.92 Å². The molecule has 4 aromatic rings. The molecule has 0 aliphatic carbocycles. The Balaban J connectivity index is 1.65. The highest BCUT2D eigenvalue weighted by atomic mass is 79.9. The van der Waals surface area contributed by atoms with Crippen molar-refractivity contribution in [2.24, 2.45) is 13.0 Å². The van der Waals surface area contributed by atoms with Crippen LogP contribution in [0.15, 0.2) is 68.7 Å². The Hall–Kier alpha value is -3.13. The minimum Gasteiger partial charge on any atom is -0.338 e. The van der Waals surface area contributed by atoms with Gasteiger partial charge in [-0.25, -0.2) is 4.79 Å². The van der Waals surface area contributed by atoms with Gasteiger partial charge in [-0.15, -0.1) is 0 Å². The van der Waals surface area contributed by atoms with E-state index in [2.05, 4.69) is 39.9 Å². The summed E-state index contributed by atoms with van der Waals surface area (Å²) < 4.78 is 5.74. The van der Waals surface area contributed by atoms with E-state index in [4.69, 9.17) is 4.98 Å². The van der Waals surface area contributed by atoms with Gasteiger partial charge in [0.15, 0.2) is 11.2 Å². The molecule has 1 aliphatic rings. The van der Waals surface area contributed by atoms with Crippen LogP contribution in [0.25, 0.3) is 11.2 Å². The molecule has 0 saturated heterocycles. The highest BCUT2D eigenvalue weighted by Gasteiger charge is 2.29. The molecule has 164 valence electrons. The standard InChI is InChI=1S/C24H24BrN5O2/c1-16-12-28(14-17-6-4-3-5-7-17)23-26-21-20(29(23)13-16)22(31)30(24(32)27(21)2)15-18-8-10-19(25)11-9-18/h3-11,16H,12-15H2,1-2H3. The second-order valence-electron chi connectivity index (χ2n) is 8.53.